The van der Waals surface area contributed by atoms with Gasteiger partial charge in [-0.25, -0.2) is 0 Å². The van der Waals surface area contributed by atoms with E-state index in [0.717, 1.165) is 37.9 Å². The molecule has 0 aliphatic rings. The van der Waals surface area contributed by atoms with Crippen molar-refractivity contribution < 1.29 is 4.79 Å². The van der Waals surface area contributed by atoms with Crippen LogP contribution in [0.1, 0.15) is 46.5 Å². The average molecular weight is 336 g/mol. The molecule has 25 heavy (non-hydrogen) atoms. The first kappa shape index (κ1) is 17.5. The molecule has 1 heterocycles. The van der Waals surface area contributed by atoms with Crippen LogP contribution in [0.3, 0.4) is 0 Å². The smallest absolute Gasteiger partial charge is 0.227 e. The van der Waals surface area contributed by atoms with Gasteiger partial charge in [-0.3, -0.25) is 4.79 Å². The first-order valence-electron chi connectivity index (χ1n) is 9.51. The number of para-hydroxylation sites is 1. The van der Waals surface area contributed by atoms with Crippen molar-refractivity contribution in [2.45, 2.75) is 53.0 Å². The van der Waals surface area contributed by atoms with Gasteiger partial charge in [0.1, 0.15) is 0 Å². The van der Waals surface area contributed by atoms with Gasteiger partial charge >= 0.3 is 0 Å². The summed E-state index contributed by atoms with van der Waals surface area (Å²) in [7, 11) is 0. The molecule has 0 fully saturated rings. The Morgan fingerprint density at radius 3 is 2.52 bits per heavy atom. The van der Waals surface area contributed by atoms with Crippen molar-refractivity contribution in [2.75, 3.05) is 5.32 Å². The minimum atomic E-state index is 0.104. The maximum Gasteiger partial charge on any atom is 0.227 e. The van der Waals surface area contributed by atoms with Gasteiger partial charge < -0.3 is 9.88 Å². The monoisotopic (exact) mass is 336 g/mol. The molecule has 0 aliphatic carbocycles. The fraction of sp³-hybridized carbons (Fsp3) is 0.409. The number of hydrogen-bond acceptors (Lipinski definition) is 1. The lowest BCUT2D eigenvalue weighted by molar-refractivity contribution is -0.120. The molecule has 1 N–H and O–H groups in total. The number of unbranched alkanes of at least 4 members (excludes halogenated alkanes) is 1. The van der Waals surface area contributed by atoms with Crippen molar-refractivity contribution in [2.24, 2.45) is 5.92 Å². The Hall–Kier alpha value is -2.29. The molecule has 132 valence electrons. The lowest BCUT2D eigenvalue weighted by Crippen LogP contribution is -2.22. The second-order valence-electron chi connectivity index (χ2n) is 6.73. The summed E-state index contributed by atoms with van der Waals surface area (Å²) in [4.78, 5) is 12.6. The third-order valence-electron chi connectivity index (χ3n) is 5.13. The number of fused-ring (bicyclic) bond motifs is 3. The van der Waals surface area contributed by atoms with Gasteiger partial charge in [-0.1, -0.05) is 44.9 Å². The fourth-order valence-corrected chi connectivity index (χ4v) is 3.69. The predicted octanol–water partition coefficient (Wildman–Crippen LogP) is 5.97. The highest BCUT2D eigenvalue weighted by Crippen LogP contribution is 2.31. The third-order valence-corrected chi connectivity index (χ3v) is 5.13. The molecule has 1 unspecified atom stereocenters. The van der Waals surface area contributed by atoms with Crippen molar-refractivity contribution in [3.05, 3.63) is 42.5 Å². The molecule has 0 aliphatic heterocycles. The lowest BCUT2D eigenvalue weighted by Gasteiger charge is -2.14. The van der Waals surface area contributed by atoms with E-state index in [2.05, 4.69) is 67.1 Å². The number of rotatable bonds is 7. The molecular weight excluding hydrogens is 308 g/mol. The number of nitrogens with zero attached hydrogens (tertiary/aromatic N) is 1. The summed E-state index contributed by atoms with van der Waals surface area (Å²) in [6.07, 6.45) is 4.10. The van der Waals surface area contributed by atoms with Gasteiger partial charge in [0.15, 0.2) is 0 Å². The minimum absolute atomic E-state index is 0.104. The van der Waals surface area contributed by atoms with Crippen molar-refractivity contribution in [1.29, 1.82) is 0 Å². The second kappa shape index (κ2) is 7.73. The van der Waals surface area contributed by atoms with Gasteiger partial charge in [0.2, 0.25) is 5.91 Å². The van der Waals surface area contributed by atoms with Gasteiger partial charge in [-0.05, 0) is 44.0 Å². The molecule has 0 bridgehead atoms. The van der Waals surface area contributed by atoms with Crippen LogP contribution in [0.5, 0.6) is 0 Å². The molecule has 1 aromatic heterocycles. The number of amides is 1. The molecule has 1 amide bonds. The Morgan fingerprint density at radius 2 is 1.80 bits per heavy atom. The van der Waals surface area contributed by atoms with Gasteiger partial charge in [-0.15, -0.1) is 0 Å². The topological polar surface area (TPSA) is 34.0 Å². The molecule has 0 saturated heterocycles. The van der Waals surface area contributed by atoms with E-state index in [1.54, 1.807) is 0 Å². The van der Waals surface area contributed by atoms with Crippen LogP contribution in [0, 0.1) is 5.92 Å². The van der Waals surface area contributed by atoms with Crippen LogP contribution in [0.2, 0.25) is 0 Å². The highest BCUT2D eigenvalue weighted by atomic mass is 16.1. The van der Waals surface area contributed by atoms with E-state index in [4.69, 9.17) is 0 Å². The zero-order chi connectivity index (χ0) is 17.8. The number of nitrogens with one attached hydrogen (secondary N) is 1. The van der Waals surface area contributed by atoms with Crippen LogP contribution in [-0.4, -0.2) is 10.5 Å². The number of carbonyl (C=O) groups excluding carboxylic acids is 1. The summed E-state index contributed by atoms with van der Waals surface area (Å²) in [5.74, 6) is 0.252. The van der Waals surface area contributed by atoms with Crippen LogP contribution >= 0.6 is 0 Å². The molecule has 2 aromatic carbocycles. The lowest BCUT2D eigenvalue weighted by atomic mass is 9.98. The summed E-state index contributed by atoms with van der Waals surface area (Å²) < 4.78 is 2.33. The Morgan fingerprint density at radius 1 is 1.04 bits per heavy atom. The molecule has 3 aromatic rings. The normalized spacial score (nSPS) is 12.6. The first-order valence-corrected chi connectivity index (χ1v) is 9.51. The summed E-state index contributed by atoms with van der Waals surface area (Å²) in [6.45, 7) is 7.37. The van der Waals surface area contributed by atoms with E-state index in [-0.39, 0.29) is 11.8 Å². The largest absolute Gasteiger partial charge is 0.341 e. The molecule has 1 atom stereocenters. The SMILES string of the molecule is CCCCC(CC)C(=O)Nc1ccc2c(c1)c1ccccc1n2CC. The second-order valence-corrected chi connectivity index (χ2v) is 6.73. The van der Waals surface area contributed by atoms with Gasteiger partial charge in [0, 0.05) is 40.0 Å². The number of anilines is 1. The fourth-order valence-electron chi connectivity index (χ4n) is 3.69. The summed E-state index contributed by atoms with van der Waals surface area (Å²) in [5, 5.41) is 5.59. The molecule has 3 nitrogen and oxygen atoms in total. The zero-order valence-corrected chi connectivity index (χ0v) is 15.5. The van der Waals surface area contributed by atoms with Crippen LogP contribution in [-0.2, 0) is 11.3 Å². The van der Waals surface area contributed by atoms with Crippen molar-refractivity contribution in [3.63, 3.8) is 0 Å². The molecule has 0 spiro atoms. The standard InChI is InChI=1S/C22H28N2O/c1-4-7-10-16(5-2)22(25)23-17-13-14-21-19(15-17)18-11-8-9-12-20(18)24(21)6-3/h8-9,11-16H,4-7,10H2,1-3H3,(H,23,25). The highest BCUT2D eigenvalue weighted by molar-refractivity contribution is 6.09. The van der Waals surface area contributed by atoms with Crippen LogP contribution in [0.4, 0.5) is 5.69 Å². The maximum absolute atomic E-state index is 12.6. The van der Waals surface area contributed by atoms with E-state index >= 15 is 0 Å². The number of hydrogen-bond donors (Lipinski definition) is 1. The van der Waals surface area contributed by atoms with Crippen molar-refractivity contribution >= 4 is 33.4 Å². The summed E-state index contributed by atoms with van der Waals surface area (Å²) in [5.41, 5.74) is 3.36. The van der Waals surface area contributed by atoms with Crippen LogP contribution < -0.4 is 5.32 Å². The zero-order valence-electron chi connectivity index (χ0n) is 15.5. The van der Waals surface area contributed by atoms with Gasteiger partial charge in [0.05, 0.1) is 0 Å². The Balaban J connectivity index is 1.93. The Bertz CT molecular complexity index is 878. The van der Waals surface area contributed by atoms with E-state index in [0.29, 0.717) is 0 Å². The van der Waals surface area contributed by atoms with E-state index < -0.39 is 0 Å². The summed E-state index contributed by atoms with van der Waals surface area (Å²) in [6, 6.07) is 14.7. The molecule has 0 saturated carbocycles. The van der Waals surface area contributed by atoms with Gasteiger partial charge in [0.25, 0.3) is 0 Å². The highest BCUT2D eigenvalue weighted by Gasteiger charge is 2.17. The maximum atomic E-state index is 12.6. The van der Waals surface area contributed by atoms with Crippen molar-refractivity contribution in [3.8, 4) is 0 Å². The van der Waals surface area contributed by atoms with E-state index in [1.807, 2.05) is 6.07 Å². The Labute approximate surface area is 150 Å². The van der Waals surface area contributed by atoms with E-state index in [9.17, 15) is 4.79 Å². The predicted molar refractivity (Wildman–Crippen MR) is 107 cm³/mol. The molecule has 0 radical (unpaired) electrons. The third kappa shape index (κ3) is 3.41. The number of aromatic nitrogens is 1. The van der Waals surface area contributed by atoms with E-state index in [1.165, 1.54) is 21.8 Å². The molecular formula is C22H28N2O. The van der Waals surface area contributed by atoms with Crippen LogP contribution in [0.15, 0.2) is 42.5 Å². The number of carbonyl (C=O) groups is 1. The number of aryl methyl sites for hydroxylation is 1. The number of benzene rings is 2. The van der Waals surface area contributed by atoms with Crippen LogP contribution in [0.25, 0.3) is 21.8 Å². The molecule has 3 rings (SSSR count). The first-order chi connectivity index (χ1) is 12.2. The van der Waals surface area contributed by atoms with Gasteiger partial charge in [-0.2, -0.15) is 0 Å². The Kier molecular flexibility index (Phi) is 5.42. The van der Waals surface area contributed by atoms with Crippen molar-refractivity contribution in [1.82, 2.24) is 4.57 Å². The quantitative estimate of drug-likeness (QED) is 0.566. The minimum Gasteiger partial charge on any atom is -0.341 e. The molecule has 3 heteroatoms. The summed E-state index contributed by atoms with van der Waals surface area (Å²) >= 11 is 0. The average Bonchev–Trinajstić information content (AvgIpc) is 2.95.